The number of rotatable bonds is 7. The molecule has 2 N–H and O–H groups in total. The van der Waals surface area contributed by atoms with Crippen LogP contribution in [-0.2, 0) is 14.3 Å². The van der Waals surface area contributed by atoms with Crippen LogP contribution in [0.25, 0.3) is 0 Å². The van der Waals surface area contributed by atoms with Gasteiger partial charge in [-0.2, -0.15) is 0 Å². The Labute approximate surface area is 163 Å². The van der Waals surface area contributed by atoms with Crippen LogP contribution in [0.2, 0.25) is 0 Å². The number of carbonyl (C=O) groups is 3. The van der Waals surface area contributed by atoms with Crippen molar-refractivity contribution in [2.45, 2.75) is 18.9 Å². The Morgan fingerprint density at radius 3 is 2.54 bits per heavy atom. The minimum atomic E-state index is -0.684. The highest BCUT2D eigenvalue weighted by molar-refractivity contribution is 6.08. The van der Waals surface area contributed by atoms with Gasteiger partial charge in [0.05, 0.1) is 17.4 Å². The Hall–Kier alpha value is -3.19. The first kappa shape index (κ1) is 19.6. The maximum absolute atomic E-state index is 12.4. The summed E-state index contributed by atoms with van der Waals surface area (Å²) in [5, 5.41) is 5.39. The van der Waals surface area contributed by atoms with Crippen LogP contribution in [0.4, 0.5) is 5.69 Å². The van der Waals surface area contributed by atoms with Crippen molar-refractivity contribution in [1.82, 2.24) is 5.32 Å². The summed E-state index contributed by atoms with van der Waals surface area (Å²) < 4.78 is 10.5. The van der Waals surface area contributed by atoms with Gasteiger partial charge in [-0.3, -0.25) is 9.59 Å². The molecule has 1 aliphatic rings. The highest BCUT2D eigenvalue weighted by Crippen LogP contribution is 2.17. The zero-order valence-electron chi connectivity index (χ0n) is 15.4. The monoisotopic (exact) mass is 382 g/mol. The Bertz CT molecular complexity index is 832. The normalized spacial score (nSPS) is 15.6. The molecule has 3 rings (SSSR count). The van der Waals surface area contributed by atoms with Crippen molar-refractivity contribution in [3.8, 4) is 0 Å². The van der Waals surface area contributed by atoms with E-state index in [1.807, 2.05) is 6.07 Å². The van der Waals surface area contributed by atoms with Crippen molar-refractivity contribution in [3.05, 3.63) is 65.7 Å². The summed E-state index contributed by atoms with van der Waals surface area (Å²) in [6.07, 6.45) is 1.92. The molecular weight excluding hydrogens is 360 g/mol. The molecule has 1 saturated heterocycles. The summed E-state index contributed by atoms with van der Waals surface area (Å²) in [5.74, 6) is -1.42. The van der Waals surface area contributed by atoms with Gasteiger partial charge in [-0.05, 0) is 37.1 Å². The molecule has 0 spiro atoms. The molecule has 0 unspecified atom stereocenters. The topological polar surface area (TPSA) is 93.7 Å². The lowest BCUT2D eigenvalue weighted by molar-refractivity contribution is -0.124. The van der Waals surface area contributed by atoms with Crippen molar-refractivity contribution in [2.75, 3.05) is 25.1 Å². The average Bonchev–Trinajstić information content (AvgIpc) is 3.25. The fraction of sp³-hybridized carbons (Fsp3) is 0.286. The first-order valence-electron chi connectivity index (χ1n) is 9.14. The number of ether oxygens (including phenoxy) is 2. The molecule has 7 heteroatoms. The minimum absolute atomic E-state index is 0.0218. The summed E-state index contributed by atoms with van der Waals surface area (Å²) in [4.78, 5) is 36.6. The van der Waals surface area contributed by atoms with Crippen LogP contribution in [0.3, 0.4) is 0 Å². The second-order valence-electron chi connectivity index (χ2n) is 6.38. The van der Waals surface area contributed by atoms with Gasteiger partial charge in [0.1, 0.15) is 0 Å². The zero-order valence-corrected chi connectivity index (χ0v) is 15.4. The van der Waals surface area contributed by atoms with Crippen molar-refractivity contribution >= 4 is 23.5 Å². The van der Waals surface area contributed by atoms with Gasteiger partial charge in [-0.15, -0.1) is 0 Å². The van der Waals surface area contributed by atoms with Gasteiger partial charge >= 0.3 is 5.97 Å². The number of benzene rings is 2. The van der Waals surface area contributed by atoms with Crippen LogP contribution in [0.1, 0.15) is 33.6 Å². The zero-order chi connectivity index (χ0) is 19.8. The summed E-state index contributed by atoms with van der Waals surface area (Å²) in [6.45, 7) is 0.716. The van der Waals surface area contributed by atoms with Crippen molar-refractivity contribution in [3.63, 3.8) is 0 Å². The molecule has 1 atom stereocenters. The van der Waals surface area contributed by atoms with Crippen LogP contribution < -0.4 is 10.6 Å². The largest absolute Gasteiger partial charge is 0.452 e. The predicted molar refractivity (Wildman–Crippen MR) is 103 cm³/mol. The number of amides is 2. The lowest BCUT2D eigenvalue weighted by Gasteiger charge is -2.12. The minimum Gasteiger partial charge on any atom is -0.452 e. The molecule has 2 aromatic carbocycles. The number of esters is 1. The van der Waals surface area contributed by atoms with Gasteiger partial charge in [-0.25, -0.2) is 4.79 Å². The number of para-hydroxylation sites is 1. The van der Waals surface area contributed by atoms with E-state index in [1.54, 1.807) is 42.5 Å². The average molecular weight is 382 g/mol. The Balaban J connectivity index is 1.54. The van der Waals surface area contributed by atoms with E-state index in [4.69, 9.17) is 9.47 Å². The predicted octanol–water partition coefficient (Wildman–Crippen LogP) is 2.39. The molecule has 1 heterocycles. The van der Waals surface area contributed by atoms with E-state index in [1.165, 1.54) is 6.07 Å². The van der Waals surface area contributed by atoms with E-state index in [9.17, 15) is 14.4 Å². The highest BCUT2D eigenvalue weighted by Gasteiger charge is 2.18. The standard InChI is InChI=1S/C21H22N2O5/c24-19(22-13-16-9-6-12-27-16)14-28-21(26)17-10-4-5-11-18(17)23-20(25)15-7-2-1-3-8-15/h1-5,7-8,10-11,16H,6,9,12-14H2,(H,22,24)(H,23,25)/t16-/m0/s1. The summed E-state index contributed by atoms with van der Waals surface area (Å²) >= 11 is 0. The molecule has 0 radical (unpaired) electrons. The van der Waals surface area contributed by atoms with E-state index in [2.05, 4.69) is 10.6 Å². The van der Waals surface area contributed by atoms with E-state index in [0.29, 0.717) is 24.4 Å². The number of nitrogens with one attached hydrogen (secondary N) is 2. The lowest BCUT2D eigenvalue weighted by atomic mass is 10.1. The van der Waals surface area contributed by atoms with Crippen LogP contribution in [0.5, 0.6) is 0 Å². The van der Waals surface area contributed by atoms with Crippen LogP contribution >= 0.6 is 0 Å². The van der Waals surface area contributed by atoms with Crippen LogP contribution in [-0.4, -0.2) is 43.6 Å². The molecule has 1 aliphatic heterocycles. The maximum atomic E-state index is 12.4. The van der Waals surface area contributed by atoms with Gasteiger partial charge < -0.3 is 20.1 Å². The van der Waals surface area contributed by atoms with Crippen molar-refractivity contribution in [1.29, 1.82) is 0 Å². The van der Waals surface area contributed by atoms with Crippen molar-refractivity contribution < 1.29 is 23.9 Å². The summed E-state index contributed by atoms with van der Waals surface area (Å²) in [6, 6.07) is 15.2. The van der Waals surface area contributed by atoms with Gasteiger partial charge in [0.2, 0.25) is 0 Å². The molecular formula is C21H22N2O5. The third-order valence-corrected chi connectivity index (χ3v) is 4.32. The molecule has 0 saturated carbocycles. The second kappa shape index (κ2) is 9.66. The van der Waals surface area contributed by atoms with E-state index in [0.717, 1.165) is 12.8 Å². The Kier molecular flexibility index (Phi) is 6.75. The molecule has 2 amide bonds. The lowest BCUT2D eigenvalue weighted by Crippen LogP contribution is -2.34. The highest BCUT2D eigenvalue weighted by atomic mass is 16.5. The number of hydrogen-bond acceptors (Lipinski definition) is 5. The van der Waals surface area contributed by atoms with Gasteiger partial charge in [-0.1, -0.05) is 30.3 Å². The molecule has 2 aromatic rings. The number of anilines is 1. The molecule has 0 bridgehead atoms. The summed E-state index contributed by atoms with van der Waals surface area (Å²) in [7, 11) is 0. The SMILES string of the molecule is O=C(COC(=O)c1ccccc1NC(=O)c1ccccc1)NC[C@@H]1CCCO1. The smallest absolute Gasteiger partial charge is 0.340 e. The maximum Gasteiger partial charge on any atom is 0.340 e. The third kappa shape index (κ3) is 5.40. The first-order valence-corrected chi connectivity index (χ1v) is 9.14. The van der Waals surface area contributed by atoms with Gasteiger partial charge in [0, 0.05) is 18.7 Å². The molecule has 0 aromatic heterocycles. The summed E-state index contributed by atoms with van der Waals surface area (Å²) in [5.41, 5.74) is 0.971. The van der Waals surface area contributed by atoms with E-state index < -0.39 is 18.5 Å². The number of hydrogen-bond donors (Lipinski definition) is 2. The van der Waals surface area contributed by atoms with Gasteiger partial charge in [0.25, 0.3) is 11.8 Å². The third-order valence-electron chi connectivity index (χ3n) is 4.32. The quantitative estimate of drug-likeness (QED) is 0.717. The Morgan fingerprint density at radius 1 is 1.04 bits per heavy atom. The fourth-order valence-corrected chi connectivity index (χ4v) is 2.85. The molecule has 146 valence electrons. The van der Waals surface area contributed by atoms with Crippen LogP contribution in [0, 0.1) is 0 Å². The van der Waals surface area contributed by atoms with Crippen molar-refractivity contribution in [2.24, 2.45) is 0 Å². The van der Waals surface area contributed by atoms with E-state index in [-0.39, 0.29) is 17.6 Å². The van der Waals surface area contributed by atoms with Gasteiger partial charge in [0.15, 0.2) is 6.61 Å². The number of carbonyl (C=O) groups excluding carboxylic acids is 3. The molecule has 28 heavy (non-hydrogen) atoms. The van der Waals surface area contributed by atoms with E-state index >= 15 is 0 Å². The molecule has 7 nitrogen and oxygen atoms in total. The molecule has 1 fully saturated rings. The first-order chi connectivity index (χ1) is 13.6. The van der Waals surface area contributed by atoms with Crippen LogP contribution in [0.15, 0.2) is 54.6 Å². The second-order valence-corrected chi connectivity index (χ2v) is 6.38. The fourth-order valence-electron chi connectivity index (χ4n) is 2.85. The molecule has 0 aliphatic carbocycles. The Morgan fingerprint density at radius 2 is 1.79 bits per heavy atom.